The molecule has 0 radical (unpaired) electrons. The van der Waals surface area contributed by atoms with Crippen molar-refractivity contribution in [3.63, 3.8) is 0 Å². The second kappa shape index (κ2) is 10.8. The Morgan fingerprint density at radius 3 is 2.39 bits per heavy atom. The van der Waals surface area contributed by atoms with Gasteiger partial charge in [0.15, 0.2) is 5.69 Å². The molecule has 0 bridgehead atoms. The van der Waals surface area contributed by atoms with Crippen molar-refractivity contribution in [3.8, 4) is 11.3 Å². The molecule has 3 aromatic rings. The molecule has 0 unspecified atom stereocenters. The van der Waals surface area contributed by atoms with E-state index in [0.29, 0.717) is 30.8 Å². The minimum absolute atomic E-state index is 0.00757. The highest BCUT2D eigenvalue weighted by atomic mass is 16.2. The molecular formula is C25H31N5O3. The zero-order valence-corrected chi connectivity index (χ0v) is 19.4. The van der Waals surface area contributed by atoms with Gasteiger partial charge < -0.3 is 10.6 Å². The highest BCUT2D eigenvalue weighted by Crippen LogP contribution is 2.23. The normalized spacial score (nSPS) is 10.9. The van der Waals surface area contributed by atoms with Crippen molar-refractivity contribution in [1.82, 2.24) is 14.5 Å². The van der Waals surface area contributed by atoms with Gasteiger partial charge in [0.05, 0.1) is 17.0 Å². The van der Waals surface area contributed by atoms with Crippen LogP contribution in [0.25, 0.3) is 11.3 Å². The van der Waals surface area contributed by atoms with Crippen molar-refractivity contribution in [2.75, 3.05) is 17.2 Å². The number of carbonyl (C=O) groups is 1. The monoisotopic (exact) mass is 449 g/mol. The number of hydrogen-bond donors (Lipinski definition) is 2. The molecule has 3 N–H and O–H groups in total. The Hall–Kier alpha value is -3.68. The van der Waals surface area contributed by atoms with Crippen LogP contribution in [0.1, 0.15) is 55.6 Å². The summed E-state index contributed by atoms with van der Waals surface area (Å²) in [5.74, 6) is -0.362. The van der Waals surface area contributed by atoms with Crippen LogP contribution in [0, 0.1) is 6.92 Å². The average Bonchev–Trinajstić information content (AvgIpc) is 2.81. The van der Waals surface area contributed by atoms with Gasteiger partial charge >= 0.3 is 5.69 Å². The van der Waals surface area contributed by atoms with E-state index < -0.39 is 11.2 Å². The number of pyridine rings is 1. The molecule has 8 heteroatoms. The largest absolute Gasteiger partial charge is 0.383 e. The van der Waals surface area contributed by atoms with Crippen molar-refractivity contribution >= 4 is 17.4 Å². The van der Waals surface area contributed by atoms with Gasteiger partial charge in [-0.1, -0.05) is 57.0 Å². The Bertz CT molecular complexity index is 1230. The first-order chi connectivity index (χ1) is 15.9. The number of H-pyrrole nitrogens is 1. The van der Waals surface area contributed by atoms with Crippen LogP contribution >= 0.6 is 0 Å². The first-order valence-electron chi connectivity index (χ1n) is 11.4. The Balaban J connectivity index is 2.06. The van der Waals surface area contributed by atoms with Gasteiger partial charge in [-0.2, -0.15) is 0 Å². The van der Waals surface area contributed by atoms with Gasteiger partial charge in [-0.3, -0.25) is 24.1 Å². The fraction of sp³-hybridized carbons (Fsp3) is 0.360. The van der Waals surface area contributed by atoms with E-state index in [4.69, 9.17) is 5.73 Å². The maximum Gasteiger partial charge on any atom is 0.330 e. The predicted molar refractivity (Wildman–Crippen MR) is 132 cm³/mol. The van der Waals surface area contributed by atoms with E-state index in [9.17, 15) is 14.4 Å². The van der Waals surface area contributed by atoms with Crippen LogP contribution in [-0.2, 0) is 6.54 Å². The van der Waals surface area contributed by atoms with Crippen molar-refractivity contribution in [2.45, 2.75) is 53.0 Å². The van der Waals surface area contributed by atoms with E-state index in [1.807, 2.05) is 44.2 Å². The fourth-order valence-corrected chi connectivity index (χ4v) is 3.71. The zero-order valence-electron chi connectivity index (χ0n) is 19.4. The lowest BCUT2D eigenvalue weighted by atomic mass is 10.1. The van der Waals surface area contributed by atoms with Gasteiger partial charge in [0.2, 0.25) is 0 Å². The molecule has 0 aliphatic heterocycles. The zero-order chi connectivity index (χ0) is 24.0. The van der Waals surface area contributed by atoms with Gasteiger partial charge in [-0.15, -0.1) is 0 Å². The second-order valence-electron chi connectivity index (χ2n) is 8.00. The number of nitrogens with one attached hydrogen (secondary N) is 1. The Kier molecular flexibility index (Phi) is 7.82. The van der Waals surface area contributed by atoms with E-state index in [1.165, 1.54) is 9.47 Å². The molecule has 1 amide bonds. The topological polar surface area (TPSA) is 114 Å². The number of nitrogens with two attached hydrogens (primary N) is 1. The number of amides is 1. The van der Waals surface area contributed by atoms with E-state index in [1.54, 1.807) is 19.1 Å². The molecule has 8 nitrogen and oxygen atoms in total. The summed E-state index contributed by atoms with van der Waals surface area (Å²) in [6, 6.07) is 13.2. The lowest BCUT2D eigenvalue weighted by Crippen LogP contribution is -2.42. The molecule has 33 heavy (non-hydrogen) atoms. The molecule has 0 saturated carbocycles. The predicted octanol–water partition coefficient (Wildman–Crippen LogP) is 3.74. The molecular weight excluding hydrogens is 418 g/mol. The molecule has 0 spiro atoms. The molecule has 2 heterocycles. The summed E-state index contributed by atoms with van der Waals surface area (Å²) in [6.45, 7) is 6.44. The summed E-state index contributed by atoms with van der Waals surface area (Å²) in [7, 11) is 0. The first-order valence-corrected chi connectivity index (χ1v) is 11.4. The number of carbonyl (C=O) groups excluding carboxylic acids is 1. The summed E-state index contributed by atoms with van der Waals surface area (Å²) in [4.78, 5) is 47.1. The van der Waals surface area contributed by atoms with Gasteiger partial charge in [0.1, 0.15) is 5.82 Å². The highest BCUT2D eigenvalue weighted by Gasteiger charge is 2.26. The Morgan fingerprint density at radius 2 is 1.76 bits per heavy atom. The van der Waals surface area contributed by atoms with Crippen LogP contribution in [0.2, 0.25) is 0 Å². The molecule has 0 atom stereocenters. The number of aromatic nitrogens is 3. The lowest BCUT2D eigenvalue weighted by molar-refractivity contribution is 0.0985. The number of anilines is 2. The van der Waals surface area contributed by atoms with Gasteiger partial charge in [0.25, 0.3) is 11.5 Å². The van der Waals surface area contributed by atoms with Crippen molar-refractivity contribution in [1.29, 1.82) is 0 Å². The van der Waals surface area contributed by atoms with Crippen molar-refractivity contribution in [3.05, 3.63) is 74.6 Å². The van der Waals surface area contributed by atoms with E-state index >= 15 is 0 Å². The summed E-state index contributed by atoms with van der Waals surface area (Å²) < 4.78 is 1.33. The number of nitrogens with zero attached hydrogens (tertiary/aromatic N) is 3. The molecule has 3 rings (SSSR count). The highest BCUT2D eigenvalue weighted by molar-refractivity contribution is 6.08. The van der Waals surface area contributed by atoms with E-state index in [2.05, 4.69) is 9.97 Å². The van der Waals surface area contributed by atoms with E-state index in [0.717, 1.165) is 30.5 Å². The van der Waals surface area contributed by atoms with Crippen LogP contribution < -0.4 is 21.9 Å². The number of aromatic amines is 1. The van der Waals surface area contributed by atoms with Gasteiger partial charge in [-0.25, -0.2) is 4.79 Å². The minimum atomic E-state index is -0.666. The third-order valence-corrected chi connectivity index (χ3v) is 5.59. The number of benzene rings is 1. The number of aryl methyl sites for hydroxylation is 1. The summed E-state index contributed by atoms with van der Waals surface area (Å²) >= 11 is 0. The summed E-state index contributed by atoms with van der Waals surface area (Å²) in [6.07, 6.45) is 3.08. The molecule has 0 saturated heterocycles. The Morgan fingerprint density at radius 1 is 1.06 bits per heavy atom. The van der Waals surface area contributed by atoms with Crippen molar-refractivity contribution in [2.24, 2.45) is 0 Å². The summed E-state index contributed by atoms with van der Waals surface area (Å²) in [5.41, 5.74) is 7.71. The number of nitrogen functional groups attached to an aromatic ring is 1. The van der Waals surface area contributed by atoms with Crippen LogP contribution in [0.4, 0.5) is 11.5 Å². The molecule has 1 aromatic carbocycles. The van der Waals surface area contributed by atoms with Crippen LogP contribution in [0.3, 0.4) is 0 Å². The maximum atomic E-state index is 13.6. The Labute approximate surface area is 193 Å². The third kappa shape index (κ3) is 5.22. The molecule has 0 fully saturated rings. The number of rotatable bonds is 9. The smallest absolute Gasteiger partial charge is 0.330 e. The van der Waals surface area contributed by atoms with Crippen molar-refractivity contribution < 1.29 is 4.79 Å². The molecule has 2 aromatic heterocycles. The lowest BCUT2D eigenvalue weighted by Gasteiger charge is -2.25. The second-order valence-corrected chi connectivity index (χ2v) is 8.00. The molecule has 174 valence electrons. The van der Waals surface area contributed by atoms with Crippen LogP contribution in [-0.4, -0.2) is 27.0 Å². The standard InChI is InChI=1S/C25H31N5O3/c1-4-6-15-29(21-22(26)30(16-7-5-2)25(33)28-23(21)31)24(32)19-13-14-20(27-17(19)3)18-11-9-8-10-12-18/h8-14H,4-7,15-16,26H2,1-3H3,(H,28,31,33). The molecule has 0 aliphatic carbocycles. The molecule has 0 aliphatic rings. The summed E-state index contributed by atoms with van der Waals surface area (Å²) in [5, 5.41) is 0. The first kappa shape index (κ1) is 24.0. The quantitative estimate of drug-likeness (QED) is 0.517. The van der Waals surface area contributed by atoms with E-state index in [-0.39, 0.29) is 17.4 Å². The van der Waals surface area contributed by atoms with Gasteiger partial charge in [-0.05, 0) is 31.9 Å². The number of hydrogen-bond acceptors (Lipinski definition) is 5. The average molecular weight is 450 g/mol. The third-order valence-electron chi connectivity index (χ3n) is 5.59. The van der Waals surface area contributed by atoms with Crippen LogP contribution in [0.5, 0.6) is 0 Å². The SMILES string of the molecule is CCCCN(C(=O)c1ccc(-c2ccccc2)nc1C)c1c(N)n(CCCC)c(=O)[nH]c1=O. The minimum Gasteiger partial charge on any atom is -0.383 e. The fourth-order valence-electron chi connectivity index (χ4n) is 3.71. The van der Waals surface area contributed by atoms with Crippen LogP contribution in [0.15, 0.2) is 52.1 Å². The number of unbranched alkanes of at least 4 members (excludes halogenated alkanes) is 2. The maximum absolute atomic E-state index is 13.6. The van der Waals surface area contributed by atoms with Gasteiger partial charge in [0, 0.05) is 18.7 Å².